The highest BCUT2D eigenvalue weighted by Crippen LogP contribution is 2.21. The van der Waals surface area contributed by atoms with Crippen molar-refractivity contribution in [3.63, 3.8) is 0 Å². The van der Waals surface area contributed by atoms with Crippen molar-refractivity contribution in [1.29, 1.82) is 0 Å². The molecule has 0 aliphatic rings. The number of amides is 1. The highest BCUT2D eigenvalue weighted by molar-refractivity contribution is 5.91. The summed E-state index contributed by atoms with van der Waals surface area (Å²) in [4.78, 5) is 22.9. The molecule has 0 heterocycles. The predicted octanol–water partition coefficient (Wildman–Crippen LogP) is 3.31. The fourth-order valence-corrected chi connectivity index (χ4v) is 1.75. The molecule has 5 nitrogen and oxygen atoms in total. The van der Waals surface area contributed by atoms with Gasteiger partial charge < -0.3 is 14.8 Å². The zero-order valence-corrected chi connectivity index (χ0v) is 12.9. The van der Waals surface area contributed by atoms with Gasteiger partial charge in [-0.1, -0.05) is 18.2 Å². The Morgan fingerprint density at radius 1 is 0.920 bits per heavy atom. The lowest BCUT2D eigenvalue weighted by Gasteiger charge is -2.09. The highest BCUT2D eigenvalue weighted by atomic mass is 19.4. The Kier molecular flexibility index (Phi) is 5.99. The number of rotatable bonds is 6. The maximum absolute atomic E-state index is 11.9. The number of benzene rings is 2. The molecule has 25 heavy (non-hydrogen) atoms. The lowest BCUT2D eigenvalue weighted by Crippen LogP contribution is -2.36. The van der Waals surface area contributed by atoms with Gasteiger partial charge in [-0.2, -0.15) is 13.2 Å². The monoisotopic (exact) mass is 353 g/mol. The van der Waals surface area contributed by atoms with Gasteiger partial charge in [0.15, 0.2) is 6.61 Å². The molecule has 0 bridgehead atoms. The van der Waals surface area contributed by atoms with Crippen LogP contribution in [0, 0.1) is 0 Å². The molecule has 0 saturated carbocycles. The molecule has 0 aromatic heterocycles. The number of alkyl halides is 3. The average molecular weight is 353 g/mol. The van der Waals surface area contributed by atoms with Crippen molar-refractivity contribution < 1.29 is 32.2 Å². The van der Waals surface area contributed by atoms with Crippen LogP contribution in [0.15, 0.2) is 54.6 Å². The first-order chi connectivity index (χ1) is 11.8. The van der Waals surface area contributed by atoms with Crippen molar-refractivity contribution in [1.82, 2.24) is 5.32 Å². The van der Waals surface area contributed by atoms with Crippen molar-refractivity contribution >= 4 is 11.9 Å². The SMILES string of the molecule is O=C(COC(=O)c1ccc(Oc2ccccc2)cc1)NCC(F)(F)F. The van der Waals surface area contributed by atoms with Gasteiger partial charge in [-0.15, -0.1) is 0 Å². The van der Waals surface area contributed by atoms with Crippen molar-refractivity contribution in [2.75, 3.05) is 13.2 Å². The van der Waals surface area contributed by atoms with Crippen LogP contribution in [0.5, 0.6) is 11.5 Å². The highest BCUT2D eigenvalue weighted by Gasteiger charge is 2.27. The van der Waals surface area contributed by atoms with Crippen LogP contribution in [0.4, 0.5) is 13.2 Å². The molecular formula is C17H14F3NO4. The van der Waals surface area contributed by atoms with Gasteiger partial charge >= 0.3 is 12.1 Å². The van der Waals surface area contributed by atoms with E-state index >= 15 is 0 Å². The minimum Gasteiger partial charge on any atom is -0.457 e. The van der Waals surface area contributed by atoms with E-state index in [0.29, 0.717) is 11.5 Å². The standard InChI is InChI=1S/C17H14F3NO4/c18-17(19,20)11-21-15(22)10-24-16(23)12-6-8-14(9-7-12)25-13-4-2-1-3-5-13/h1-9H,10-11H2,(H,21,22). The van der Waals surface area contributed by atoms with Crippen molar-refractivity contribution in [2.24, 2.45) is 0 Å². The smallest absolute Gasteiger partial charge is 0.405 e. The summed E-state index contributed by atoms with van der Waals surface area (Å²) >= 11 is 0. The number of hydrogen-bond acceptors (Lipinski definition) is 4. The number of nitrogens with one attached hydrogen (secondary N) is 1. The Hall–Kier alpha value is -3.03. The molecule has 1 N–H and O–H groups in total. The Bertz CT molecular complexity index is 715. The van der Waals surface area contributed by atoms with Gasteiger partial charge in [-0.3, -0.25) is 4.79 Å². The topological polar surface area (TPSA) is 64.6 Å². The molecule has 0 radical (unpaired) electrons. The van der Waals surface area contributed by atoms with E-state index < -0.39 is 31.2 Å². The van der Waals surface area contributed by atoms with Crippen LogP contribution in [0.25, 0.3) is 0 Å². The molecule has 0 unspecified atom stereocenters. The number of para-hydroxylation sites is 1. The lowest BCUT2D eigenvalue weighted by molar-refractivity contribution is -0.140. The molecule has 2 aromatic carbocycles. The third kappa shape index (κ3) is 6.54. The third-order valence-electron chi connectivity index (χ3n) is 2.89. The molecule has 2 rings (SSSR count). The Morgan fingerprint density at radius 3 is 2.12 bits per heavy atom. The maximum Gasteiger partial charge on any atom is 0.405 e. The van der Waals surface area contributed by atoms with Crippen molar-refractivity contribution in [3.8, 4) is 11.5 Å². The molecule has 0 spiro atoms. The quantitative estimate of drug-likeness (QED) is 0.810. The van der Waals surface area contributed by atoms with E-state index in [0.717, 1.165) is 0 Å². The minimum atomic E-state index is -4.52. The molecule has 1 amide bonds. The van der Waals surface area contributed by atoms with E-state index in [9.17, 15) is 22.8 Å². The van der Waals surface area contributed by atoms with E-state index in [-0.39, 0.29) is 5.56 Å². The largest absolute Gasteiger partial charge is 0.457 e. The molecular weight excluding hydrogens is 339 g/mol. The van der Waals surface area contributed by atoms with Gasteiger partial charge in [-0.25, -0.2) is 4.79 Å². The van der Waals surface area contributed by atoms with Crippen LogP contribution in [0.2, 0.25) is 0 Å². The van der Waals surface area contributed by atoms with Crippen LogP contribution in [0.3, 0.4) is 0 Å². The molecule has 8 heteroatoms. The molecule has 0 saturated heterocycles. The van der Waals surface area contributed by atoms with E-state index in [1.54, 1.807) is 17.4 Å². The van der Waals surface area contributed by atoms with Gasteiger partial charge in [0, 0.05) is 0 Å². The fraction of sp³-hybridized carbons (Fsp3) is 0.176. The Balaban J connectivity index is 1.83. The first kappa shape index (κ1) is 18.3. The van der Waals surface area contributed by atoms with Crippen LogP contribution in [-0.4, -0.2) is 31.2 Å². The minimum absolute atomic E-state index is 0.143. The molecule has 0 atom stereocenters. The Labute approximate surface area is 141 Å². The third-order valence-corrected chi connectivity index (χ3v) is 2.89. The summed E-state index contributed by atoms with van der Waals surface area (Å²) < 4.78 is 46.0. The van der Waals surface area contributed by atoms with Gasteiger partial charge in [0.1, 0.15) is 18.0 Å². The molecule has 132 valence electrons. The zero-order chi connectivity index (χ0) is 18.3. The average Bonchev–Trinajstić information content (AvgIpc) is 2.59. The number of halogens is 3. The number of ether oxygens (including phenoxy) is 2. The van der Waals surface area contributed by atoms with E-state index in [4.69, 9.17) is 4.74 Å². The second kappa shape index (κ2) is 8.18. The van der Waals surface area contributed by atoms with Crippen molar-refractivity contribution in [3.05, 3.63) is 60.2 Å². The first-order valence-electron chi connectivity index (χ1n) is 7.17. The van der Waals surface area contributed by atoms with E-state index in [1.165, 1.54) is 24.3 Å². The molecule has 0 fully saturated rings. The summed E-state index contributed by atoms with van der Waals surface area (Å²) in [5, 5.41) is 1.60. The second-order valence-electron chi connectivity index (χ2n) is 4.91. The summed E-state index contributed by atoms with van der Waals surface area (Å²) in [7, 11) is 0. The second-order valence-corrected chi connectivity index (χ2v) is 4.91. The zero-order valence-electron chi connectivity index (χ0n) is 12.9. The summed E-state index contributed by atoms with van der Waals surface area (Å²) in [6.07, 6.45) is -4.52. The normalized spacial score (nSPS) is 10.8. The number of esters is 1. The molecule has 2 aromatic rings. The number of carbonyl (C=O) groups excluding carboxylic acids is 2. The van der Waals surface area contributed by atoms with Crippen LogP contribution < -0.4 is 10.1 Å². The predicted molar refractivity (Wildman–Crippen MR) is 82.3 cm³/mol. The summed E-state index contributed by atoms with van der Waals surface area (Å²) in [5.41, 5.74) is 0.143. The number of hydrogen-bond donors (Lipinski definition) is 1. The van der Waals surface area contributed by atoms with E-state index in [2.05, 4.69) is 4.74 Å². The van der Waals surface area contributed by atoms with Crippen LogP contribution >= 0.6 is 0 Å². The van der Waals surface area contributed by atoms with Gasteiger partial charge in [0.2, 0.25) is 0 Å². The van der Waals surface area contributed by atoms with Crippen LogP contribution in [-0.2, 0) is 9.53 Å². The summed E-state index contributed by atoms with van der Waals surface area (Å²) in [6.45, 7) is -2.27. The molecule has 0 aliphatic heterocycles. The van der Waals surface area contributed by atoms with Gasteiger partial charge in [-0.05, 0) is 36.4 Å². The van der Waals surface area contributed by atoms with Crippen molar-refractivity contribution in [2.45, 2.75) is 6.18 Å². The Morgan fingerprint density at radius 2 is 1.52 bits per heavy atom. The van der Waals surface area contributed by atoms with Gasteiger partial charge in [0.25, 0.3) is 5.91 Å². The maximum atomic E-state index is 11.9. The van der Waals surface area contributed by atoms with Crippen LogP contribution in [0.1, 0.15) is 10.4 Å². The summed E-state index contributed by atoms with van der Waals surface area (Å²) in [6, 6.07) is 14.9. The molecule has 0 aliphatic carbocycles. The van der Waals surface area contributed by atoms with E-state index in [1.807, 2.05) is 18.2 Å². The number of carbonyl (C=O) groups is 2. The fourth-order valence-electron chi connectivity index (χ4n) is 1.75. The first-order valence-corrected chi connectivity index (χ1v) is 7.17. The lowest BCUT2D eigenvalue weighted by atomic mass is 10.2. The summed E-state index contributed by atoms with van der Waals surface area (Å²) in [5.74, 6) is -0.743. The van der Waals surface area contributed by atoms with Gasteiger partial charge in [0.05, 0.1) is 5.56 Å².